The Morgan fingerprint density at radius 3 is 2.60 bits per heavy atom. The lowest BCUT2D eigenvalue weighted by atomic mass is 10.1. The predicted octanol–water partition coefficient (Wildman–Crippen LogP) is 3.21. The van der Waals surface area contributed by atoms with Crippen molar-refractivity contribution in [2.45, 2.75) is 34.2 Å². The van der Waals surface area contributed by atoms with Gasteiger partial charge in [-0.2, -0.15) is 0 Å². The minimum absolute atomic E-state index is 0.646. The summed E-state index contributed by atoms with van der Waals surface area (Å²) in [5.74, 6) is 0.646. The molecule has 1 aromatic carbocycles. The van der Waals surface area contributed by atoms with Gasteiger partial charge in [0.15, 0.2) is 0 Å². The van der Waals surface area contributed by atoms with Crippen LogP contribution in [0.3, 0.4) is 0 Å². The van der Waals surface area contributed by atoms with Crippen molar-refractivity contribution in [3.8, 4) is 0 Å². The molecule has 114 valence electrons. The fourth-order valence-electron chi connectivity index (χ4n) is 2.40. The molecule has 0 radical (unpaired) electrons. The van der Waals surface area contributed by atoms with E-state index < -0.39 is 0 Å². The molecule has 0 saturated heterocycles. The third-order valence-corrected chi connectivity index (χ3v) is 3.33. The van der Waals surface area contributed by atoms with Crippen LogP contribution in [0, 0.1) is 12.8 Å². The van der Waals surface area contributed by atoms with Crippen molar-refractivity contribution in [3.63, 3.8) is 0 Å². The Bertz CT molecular complexity index is 391. The van der Waals surface area contributed by atoms with Crippen molar-refractivity contribution >= 4 is 5.69 Å². The molecule has 1 N–H and O–H groups in total. The first kappa shape index (κ1) is 17.0. The molecule has 0 bridgehead atoms. The number of methoxy groups -OCH3 is 1. The van der Waals surface area contributed by atoms with Gasteiger partial charge in [0, 0.05) is 32.4 Å². The van der Waals surface area contributed by atoms with Gasteiger partial charge in [0.05, 0.1) is 6.61 Å². The molecule has 0 fully saturated rings. The maximum Gasteiger partial charge on any atom is 0.0637 e. The molecule has 0 aliphatic carbocycles. The monoisotopic (exact) mass is 278 g/mol. The summed E-state index contributed by atoms with van der Waals surface area (Å²) in [6.07, 6.45) is 0. The van der Waals surface area contributed by atoms with E-state index in [1.807, 2.05) is 0 Å². The molecule has 0 heterocycles. The molecular weight excluding hydrogens is 248 g/mol. The van der Waals surface area contributed by atoms with E-state index >= 15 is 0 Å². The highest BCUT2D eigenvalue weighted by Gasteiger charge is 2.11. The highest BCUT2D eigenvalue weighted by molar-refractivity contribution is 5.54. The lowest BCUT2D eigenvalue weighted by Gasteiger charge is -2.28. The number of benzene rings is 1. The number of nitrogens with zero attached hydrogens (tertiary/aromatic N) is 1. The van der Waals surface area contributed by atoms with Crippen molar-refractivity contribution in [2.75, 3.05) is 38.3 Å². The second-order valence-corrected chi connectivity index (χ2v) is 5.73. The van der Waals surface area contributed by atoms with Crippen LogP contribution in [0.2, 0.25) is 0 Å². The van der Waals surface area contributed by atoms with Gasteiger partial charge >= 0.3 is 0 Å². The molecule has 3 nitrogen and oxygen atoms in total. The number of hydrogen-bond donors (Lipinski definition) is 1. The van der Waals surface area contributed by atoms with E-state index in [0.717, 1.165) is 32.8 Å². The Morgan fingerprint density at radius 2 is 2.05 bits per heavy atom. The summed E-state index contributed by atoms with van der Waals surface area (Å²) in [6.45, 7) is 13.6. The van der Waals surface area contributed by atoms with Gasteiger partial charge in [0.2, 0.25) is 0 Å². The summed E-state index contributed by atoms with van der Waals surface area (Å²) in [4.78, 5) is 2.43. The third kappa shape index (κ3) is 5.51. The number of nitrogens with one attached hydrogen (secondary N) is 1. The quantitative estimate of drug-likeness (QED) is 0.750. The van der Waals surface area contributed by atoms with E-state index in [-0.39, 0.29) is 0 Å². The van der Waals surface area contributed by atoms with Crippen molar-refractivity contribution in [1.82, 2.24) is 5.32 Å². The molecule has 0 aromatic heterocycles. The largest absolute Gasteiger partial charge is 0.383 e. The van der Waals surface area contributed by atoms with Gasteiger partial charge in [0.25, 0.3) is 0 Å². The maximum absolute atomic E-state index is 5.24. The summed E-state index contributed by atoms with van der Waals surface area (Å²) in [5.41, 5.74) is 4.03. The first-order chi connectivity index (χ1) is 9.58. The Hall–Kier alpha value is -1.06. The van der Waals surface area contributed by atoms with E-state index in [1.54, 1.807) is 7.11 Å². The second kappa shape index (κ2) is 8.98. The van der Waals surface area contributed by atoms with Gasteiger partial charge in [-0.25, -0.2) is 0 Å². The molecule has 3 heteroatoms. The first-order valence-corrected chi connectivity index (χ1v) is 7.62. The van der Waals surface area contributed by atoms with E-state index in [2.05, 4.69) is 56.1 Å². The minimum atomic E-state index is 0.646. The van der Waals surface area contributed by atoms with Crippen molar-refractivity contribution in [1.29, 1.82) is 0 Å². The lowest BCUT2D eigenvalue weighted by molar-refractivity contribution is 0.204. The fraction of sp³-hybridized carbons (Fsp3) is 0.647. The molecule has 0 unspecified atom stereocenters. The number of hydrogen-bond acceptors (Lipinski definition) is 3. The van der Waals surface area contributed by atoms with E-state index in [9.17, 15) is 0 Å². The summed E-state index contributed by atoms with van der Waals surface area (Å²) < 4.78 is 5.24. The van der Waals surface area contributed by atoms with Crippen LogP contribution in [0.4, 0.5) is 5.69 Å². The molecule has 0 atom stereocenters. The molecule has 0 aliphatic heterocycles. The third-order valence-electron chi connectivity index (χ3n) is 3.33. The van der Waals surface area contributed by atoms with Crippen LogP contribution in [-0.4, -0.2) is 33.4 Å². The van der Waals surface area contributed by atoms with Crippen LogP contribution in [0.15, 0.2) is 18.2 Å². The zero-order chi connectivity index (χ0) is 15.0. The molecule has 1 rings (SSSR count). The van der Waals surface area contributed by atoms with Gasteiger partial charge in [-0.3, -0.25) is 0 Å². The predicted molar refractivity (Wildman–Crippen MR) is 87.5 cm³/mol. The molecule has 0 spiro atoms. The topological polar surface area (TPSA) is 24.5 Å². The van der Waals surface area contributed by atoms with Crippen LogP contribution in [-0.2, 0) is 11.3 Å². The summed E-state index contributed by atoms with van der Waals surface area (Å²) in [5, 5.41) is 3.37. The Morgan fingerprint density at radius 1 is 1.30 bits per heavy atom. The van der Waals surface area contributed by atoms with Crippen molar-refractivity contribution < 1.29 is 4.74 Å². The summed E-state index contributed by atoms with van der Waals surface area (Å²) in [6, 6.07) is 6.77. The number of rotatable bonds is 9. The Balaban J connectivity index is 2.83. The smallest absolute Gasteiger partial charge is 0.0637 e. The highest BCUT2D eigenvalue weighted by atomic mass is 16.5. The molecule has 1 aromatic rings. The Labute approximate surface area is 124 Å². The minimum Gasteiger partial charge on any atom is -0.383 e. The average Bonchev–Trinajstić information content (AvgIpc) is 2.41. The molecule has 0 aliphatic rings. The van der Waals surface area contributed by atoms with Crippen LogP contribution < -0.4 is 10.2 Å². The standard InChI is InChI=1S/C17H30N2O/c1-6-18-12-16-7-8-17(15(4)11-16)19(9-10-20-5)13-14(2)3/h7-8,11,14,18H,6,9-10,12-13H2,1-5H3. The zero-order valence-electron chi connectivity index (χ0n) is 13.7. The highest BCUT2D eigenvalue weighted by Crippen LogP contribution is 2.22. The molecular formula is C17H30N2O. The zero-order valence-corrected chi connectivity index (χ0v) is 13.7. The second-order valence-electron chi connectivity index (χ2n) is 5.73. The number of ether oxygens (including phenoxy) is 1. The fourth-order valence-corrected chi connectivity index (χ4v) is 2.40. The lowest BCUT2D eigenvalue weighted by Crippen LogP contribution is -2.31. The Kier molecular flexibility index (Phi) is 7.63. The normalized spacial score (nSPS) is 11.1. The van der Waals surface area contributed by atoms with Gasteiger partial charge in [-0.05, 0) is 36.6 Å². The average molecular weight is 278 g/mol. The van der Waals surface area contributed by atoms with Gasteiger partial charge in [-0.1, -0.05) is 32.9 Å². The molecule has 0 amide bonds. The molecule has 0 saturated carbocycles. The van der Waals surface area contributed by atoms with Gasteiger partial charge in [0.1, 0.15) is 0 Å². The number of aryl methyl sites for hydroxylation is 1. The van der Waals surface area contributed by atoms with Crippen molar-refractivity contribution in [3.05, 3.63) is 29.3 Å². The maximum atomic E-state index is 5.24. The summed E-state index contributed by atoms with van der Waals surface area (Å²) in [7, 11) is 1.76. The van der Waals surface area contributed by atoms with Crippen LogP contribution in [0.1, 0.15) is 31.9 Å². The van der Waals surface area contributed by atoms with E-state index in [1.165, 1.54) is 16.8 Å². The van der Waals surface area contributed by atoms with Gasteiger partial charge in [-0.15, -0.1) is 0 Å². The van der Waals surface area contributed by atoms with Gasteiger partial charge < -0.3 is 15.0 Å². The van der Waals surface area contributed by atoms with E-state index in [4.69, 9.17) is 4.74 Å². The molecule has 20 heavy (non-hydrogen) atoms. The first-order valence-electron chi connectivity index (χ1n) is 7.62. The SMILES string of the molecule is CCNCc1ccc(N(CCOC)CC(C)C)c(C)c1. The van der Waals surface area contributed by atoms with Crippen molar-refractivity contribution in [2.24, 2.45) is 5.92 Å². The van der Waals surface area contributed by atoms with E-state index in [0.29, 0.717) is 5.92 Å². The van der Waals surface area contributed by atoms with Crippen LogP contribution in [0.5, 0.6) is 0 Å². The van der Waals surface area contributed by atoms with Crippen LogP contribution >= 0.6 is 0 Å². The number of anilines is 1. The summed E-state index contributed by atoms with van der Waals surface area (Å²) >= 11 is 0. The van der Waals surface area contributed by atoms with Crippen LogP contribution in [0.25, 0.3) is 0 Å².